The van der Waals surface area contributed by atoms with Crippen LogP contribution in [0.5, 0.6) is 5.75 Å². The van der Waals surface area contributed by atoms with Gasteiger partial charge in [0, 0.05) is 37.6 Å². The molecule has 162 valence electrons. The van der Waals surface area contributed by atoms with Crippen molar-refractivity contribution in [3.05, 3.63) is 59.1 Å². The van der Waals surface area contributed by atoms with Crippen molar-refractivity contribution < 1.29 is 17.9 Å². The average Bonchev–Trinajstić information content (AvgIpc) is 2.75. The lowest BCUT2D eigenvalue weighted by molar-refractivity contribution is -0.135. The third-order valence-corrected chi connectivity index (χ3v) is 7.42. The Balaban J connectivity index is 1.66. The second kappa shape index (κ2) is 9.81. The number of hydrogen-bond acceptors (Lipinski definition) is 4. The van der Waals surface area contributed by atoms with E-state index in [-0.39, 0.29) is 29.8 Å². The number of piperidine rings is 1. The van der Waals surface area contributed by atoms with Crippen molar-refractivity contribution in [2.75, 3.05) is 26.7 Å². The van der Waals surface area contributed by atoms with Crippen LogP contribution in [0.3, 0.4) is 0 Å². The van der Waals surface area contributed by atoms with Gasteiger partial charge in [0.05, 0.1) is 6.61 Å². The predicted molar refractivity (Wildman–Crippen MR) is 117 cm³/mol. The Kier molecular flexibility index (Phi) is 7.39. The van der Waals surface area contributed by atoms with Crippen molar-refractivity contribution in [3.63, 3.8) is 0 Å². The van der Waals surface area contributed by atoms with E-state index >= 15 is 0 Å². The molecule has 0 aromatic heterocycles. The highest BCUT2D eigenvalue weighted by Crippen LogP contribution is 2.32. The van der Waals surface area contributed by atoms with Crippen molar-refractivity contribution in [1.82, 2.24) is 9.21 Å². The number of halogens is 1. The Morgan fingerprint density at radius 2 is 1.83 bits per heavy atom. The topological polar surface area (TPSA) is 66.9 Å². The summed E-state index contributed by atoms with van der Waals surface area (Å²) in [5, 5.41) is 0.338. The van der Waals surface area contributed by atoms with Gasteiger partial charge >= 0.3 is 0 Å². The van der Waals surface area contributed by atoms with E-state index in [1.807, 2.05) is 30.3 Å². The molecular weight excluding hydrogens is 424 g/mol. The smallest absolute Gasteiger partial charge is 0.246 e. The van der Waals surface area contributed by atoms with Crippen LogP contribution in [0.1, 0.15) is 25.3 Å². The summed E-state index contributed by atoms with van der Waals surface area (Å²) in [6.45, 7) is 3.27. The standard InChI is InChI=1S/C22H27ClN2O4S/c1-3-29-20-10-9-19(23)15-21(20)30(27,28)25-13-11-18(12-14-25)22(26)24(2)16-17-7-5-4-6-8-17/h4-10,15,18H,3,11-14,16H2,1-2H3. The minimum absolute atomic E-state index is 0.0497. The van der Waals surface area contributed by atoms with E-state index in [0.717, 1.165) is 5.56 Å². The molecule has 0 unspecified atom stereocenters. The van der Waals surface area contributed by atoms with Crippen LogP contribution < -0.4 is 4.74 Å². The number of ether oxygens (including phenoxy) is 1. The van der Waals surface area contributed by atoms with Gasteiger partial charge in [0.2, 0.25) is 15.9 Å². The fraction of sp³-hybridized carbons (Fsp3) is 0.409. The summed E-state index contributed by atoms with van der Waals surface area (Å²) in [6.07, 6.45) is 0.976. The van der Waals surface area contributed by atoms with E-state index < -0.39 is 10.0 Å². The number of carbonyl (C=O) groups is 1. The second-order valence-corrected chi connectivity index (χ2v) is 9.73. The third kappa shape index (κ3) is 5.14. The van der Waals surface area contributed by atoms with Crippen molar-refractivity contribution in [3.8, 4) is 5.75 Å². The van der Waals surface area contributed by atoms with Gasteiger partial charge in [-0.3, -0.25) is 4.79 Å². The van der Waals surface area contributed by atoms with E-state index in [0.29, 0.717) is 36.8 Å². The fourth-order valence-electron chi connectivity index (χ4n) is 3.69. The Hall–Kier alpha value is -2.09. The largest absolute Gasteiger partial charge is 0.492 e. The van der Waals surface area contributed by atoms with Crippen LogP contribution in [0.2, 0.25) is 5.02 Å². The van der Waals surface area contributed by atoms with E-state index in [9.17, 15) is 13.2 Å². The molecule has 30 heavy (non-hydrogen) atoms. The van der Waals surface area contributed by atoms with Crippen molar-refractivity contribution in [1.29, 1.82) is 0 Å². The molecule has 2 aromatic rings. The van der Waals surface area contributed by atoms with E-state index in [1.165, 1.54) is 10.4 Å². The molecule has 1 aliphatic rings. The molecule has 6 nitrogen and oxygen atoms in total. The SMILES string of the molecule is CCOc1ccc(Cl)cc1S(=O)(=O)N1CCC(C(=O)N(C)Cc2ccccc2)CC1. The van der Waals surface area contributed by atoms with Gasteiger partial charge in [-0.1, -0.05) is 41.9 Å². The van der Waals surface area contributed by atoms with Crippen LogP contribution in [0, 0.1) is 5.92 Å². The maximum Gasteiger partial charge on any atom is 0.246 e. The number of rotatable bonds is 7. The molecule has 0 radical (unpaired) electrons. The van der Waals surface area contributed by atoms with Crippen LogP contribution in [-0.4, -0.2) is 50.3 Å². The van der Waals surface area contributed by atoms with E-state index in [1.54, 1.807) is 31.0 Å². The highest BCUT2D eigenvalue weighted by molar-refractivity contribution is 7.89. The summed E-state index contributed by atoms with van der Waals surface area (Å²) in [7, 11) is -1.97. The highest BCUT2D eigenvalue weighted by atomic mass is 35.5. The van der Waals surface area contributed by atoms with E-state index in [4.69, 9.17) is 16.3 Å². The Morgan fingerprint density at radius 1 is 1.17 bits per heavy atom. The molecular formula is C22H27ClN2O4S. The van der Waals surface area contributed by atoms with Crippen LogP contribution in [0.4, 0.5) is 0 Å². The molecule has 8 heteroatoms. The number of amides is 1. The van der Waals surface area contributed by atoms with Gasteiger partial charge in [-0.2, -0.15) is 4.31 Å². The zero-order chi connectivity index (χ0) is 21.7. The number of hydrogen-bond donors (Lipinski definition) is 0. The van der Waals surface area contributed by atoms with Gasteiger partial charge in [-0.05, 0) is 43.5 Å². The minimum Gasteiger partial charge on any atom is -0.492 e. The molecule has 3 rings (SSSR count). The maximum atomic E-state index is 13.2. The van der Waals surface area contributed by atoms with Gasteiger partial charge in [-0.15, -0.1) is 0 Å². The first kappa shape index (κ1) is 22.6. The summed E-state index contributed by atoms with van der Waals surface area (Å²) in [5.74, 6) is 0.159. The first-order valence-electron chi connectivity index (χ1n) is 10.0. The number of benzene rings is 2. The normalized spacial score (nSPS) is 15.7. The van der Waals surface area contributed by atoms with Gasteiger partial charge < -0.3 is 9.64 Å². The Morgan fingerprint density at radius 3 is 2.47 bits per heavy atom. The lowest BCUT2D eigenvalue weighted by atomic mass is 9.96. The molecule has 1 saturated heterocycles. The first-order chi connectivity index (χ1) is 14.3. The Bertz CT molecular complexity index is 974. The van der Waals surface area contributed by atoms with E-state index in [2.05, 4.69) is 0 Å². The van der Waals surface area contributed by atoms with Crippen LogP contribution >= 0.6 is 11.6 Å². The molecule has 0 bridgehead atoms. The Labute approximate surface area is 183 Å². The molecule has 0 atom stereocenters. The molecule has 0 aliphatic carbocycles. The number of nitrogens with zero attached hydrogens (tertiary/aromatic N) is 2. The molecule has 1 amide bonds. The van der Waals surface area contributed by atoms with Crippen LogP contribution in [-0.2, 0) is 21.4 Å². The van der Waals surface area contributed by atoms with Gasteiger partial charge in [0.15, 0.2) is 0 Å². The van der Waals surface area contributed by atoms with Crippen molar-refractivity contribution in [2.24, 2.45) is 5.92 Å². The lowest BCUT2D eigenvalue weighted by Gasteiger charge is -2.32. The number of carbonyl (C=O) groups excluding carboxylic acids is 1. The average molecular weight is 451 g/mol. The first-order valence-corrected chi connectivity index (χ1v) is 11.9. The zero-order valence-electron chi connectivity index (χ0n) is 17.3. The molecule has 1 heterocycles. The molecule has 0 N–H and O–H groups in total. The molecule has 2 aromatic carbocycles. The second-order valence-electron chi connectivity index (χ2n) is 7.38. The molecule has 1 aliphatic heterocycles. The molecule has 1 fully saturated rings. The fourth-order valence-corrected chi connectivity index (χ4v) is 5.55. The van der Waals surface area contributed by atoms with Crippen molar-refractivity contribution >= 4 is 27.5 Å². The predicted octanol–water partition coefficient (Wildman–Crippen LogP) is 3.80. The quantitative estimate of drug-likeness (QED) is 0.643. The van der Waals surface area contributed by atoms with Gasteiger partial charge in [0.25, 0.3) is 0 Å². The summed E-state index contributed by atoms with van der Waals surface area (Å²) < 4.78 is 33.3. The summed E-state index contributed by atoms with van der Waals surface area (Å²) in [4.78, 5) is 14.6. The van der Waals surface area contributed by atoms with Crippen molar-refractivity contribution in [2.45, 2.75) is 31.2 Å². The summed E-state index contributed by atoms with van der Waals surface area (Å²) >= 11 is 6.04. The monoisotopic (exact) mass is 450 g/mol. The highest BCUT2D eigenvalue weighted by Gasteiger charge is 2.34. The number of sulfonamides is 1. The van der Waals surface area contributed by atoms with Crippen LogP contribution in [0.25, 0.3) is 0 Å². The zero-order valence-corrected chi connectivity index (χ0v) is 18.8. The molecule has 0 saturated carbocycles. The molecule has 0 spiro atoms. The van der Waals surface area contributed by atoms with Gasteiger partial charge in [-0.25, -0.2) is 8.42 Å². The summed E-state index contributed by atoms with van der Waals surface area (Å²) in [5.41, 5.74) is 1.07. The minimum atomic E-state index is -3.76. The van der Waals surface area contributed by atoms with Crippen LogP contribution in [0.15, 0.2) is 53.4 Å². The lowest BCUT2D eigenvalue weighted by Crippen LogP contribution is -2.43. The summed E-state index contributed by atoms with van der Waals surface area (Å²) in [6, 6.07) is 14.4. The third-order valence-electron chi connectivity index (χ3n) is 5.27. The van der Waals surface area contributed by atoms with Gasteiger partial charge in [0.1, 0.15) is 10.6 Å². The maximum absolute atomic E-state index is 13.2.